The smallest absolute Gasteiger partial charge is 0.254 e. The number of aliphatic hydroxyl groups is 1. The molecule has 24 heavy (non-hydrogen) atoms. The lowest BCUT2D eigenvalue weighted by Gasteiger charge is -2.17. The van der Waals surface area contributed by atoms with E-state index in [2.05, 4.69) is 0 Å². The number of nitrogens with zero attached hydrogens (tertiary/aromatic N) is 2. The summed E-state index contributed by atoms with van der Waals surface area (Å²) in [4.78, 5) is 19.4. The van der Waals surface area contributed by atoms with Gasteiger partial charge in [-0.15, -0.1) is 0 Å². The number of para-hydroxylation sites is 1. The first-order chi connectivity index (χ1) is 11.7. The Bertz CT molecular complexity index is 893. The number of amides is 1. The minimum Gasteiger partial charge on any atom is -0.391 e. The van der Waals surface area contributed by atoms with E-state index in [-0.39, 0.29) is 5.91 Å². The highest BCUT2D eigenvalue weighted by atomic mass is 16.3. The van der Waals surface area contributed by atoms with Crippen molar-refractivity contribution < 1.29 is 9.90 Å². The Labute approximate surface area is 140 Å². The molecule has 0 aliphatic carbocycles. The normalized spacial score (nSPS) is 17.4. The van der Waals surface area contributed by atoms with Gasteiger partial charge in [-0.2, -0.15) is 0 Å². The molecule has 1 aliphatic heterocycles. The van der Waals surface area contributed by atoms with Gasteiger partial charge in [0.2, 0.25) is 0 Å². The van der Waals surface area contributed by atoms with E-state index in [1.165, 1.54) is 0 Å². The second kappa shape index (κ2) is 6.06. The van der Waals surface area contributed by atoms with Crippen molar-refractivity contribution in [3.05, 3.63) is 66.2 Å². The van der Waals surface area contributed by atoms with Crippen molar-refractivity contribution in [1.29, 1.82) is 0 Å². The first kappa shape index (κ1) is 14.8. The van der Waals surface area contributed by atoms with Crippen LogP contribution in [0.15, 0.2) is 60.7 Å². The zero-order chi connectivity index (χ0) is 16.5. The quantitative estimate of drug-likeness (QED) is 0.790. The SMILES string of the molecule is O=C(c1cc(-c2ccccc2)nc2ccccc12)N1CC[C@@H](O)C1. The van der Waals surface area contributed by atoms with Crippen molar-refractivity contribution in [3.8, 4) is 11.3 Å². The number of likely N-dealkylation sites (tertiary alicyclic amines) is 1. The van der Waals surface area contributed by atoms with Crippen LogP contribution in [0.2, 0.25) is 0 Å². The molecule has 1 aliphatic rings. The molecule has 120 valence electrons. The molecule has 0 spiro atoms. The third-order valence-electron chi connectivity index (χ3n) is 4.47. The van der Waals surface area contributed by atoms with Gasteiger partial charge in [0.05, 0.1) is 22.9 Å². The van der Waals surface area contributed by atoms with E-state index in [9.17, 15) is 9.90 Å². The number of carbonyl (C=O) groups excluding carboxylic acids is 1. The van der Waals surface area contributed by atoms with Crippen molar-refractivity contribution in [2.24, 2.45) is 0 Å². The summed E-state index contributed by atoms with van der Waals surface area (Å²) in [6.07, 6.45) is 0.218. The van der Waals surface area contributed by atoms with Gasteiger partial charge in [-0.3, -0.25) is 4.79 Å². The van der Waals surface area contributed by atoms with Gasteiger partial charge in [-0.25, -0.2) is 4.98 Å². The van der Waals surface area contributed by atoms with E-state index < -0.39 is 6.10 Å². The molecule has 2 heterocycles. The largest absolute Gasteiger partial charge is 0.391 e. The fourth-order valence-electron chi connectivity index (χ4n) is 3.21. The predicted molar refractivity (Wildman–Crippen MR) is 93.7 cm³/mol. The lowest BCUT2D eigenvalue weighted by molar-refractivity contribution is 0.0767. The maximum Gasteiger partial charge on any atom is 0.254 e. The van der Waals surface area contributed by atoms with Crippen molar-refractivity contribution in [2.75, 3.05) is 13.1 Å². The summed E-state index contributed by atoms with van der Waals surface area (Å²) in [5.74, 6) is -0.0395. The highest BCUT2D eigenvalue weighted by molar-refractivity contribution is 6.07. The Hall–Kier alpha value is -2.72. The van der Waals surface area contributed by atoms with E-state index in [0.29, 0.717) is 25.1 Å². The van der Waals surface area contributed by atoms with Crippen molar-refractivity contribution in [2.45, 2.75) is 12.5 Å². The summed E-state index contributed by atoms with van der Waals surface area (Å²) in [5, 5.41) is 10.6. The van der Waals surface area contributed by atoms with E-state index in [1.807, 2.05) is 60.7 Å². The molecule has 2 aromatic carbocycles. The number of pyridine rings is 1. The highest BCUT2D eigenvalue weighted by Gasteiger charge is 2.27. The second-order valence-electron chi connectivity index (χ2n) is 6.13. The molecule has 0 radical (unpaired) electrons. The number of aliphatic hydroxyl groups excluding tert-OH is 1. The van der Waals surface area contributed by atoms with Crippen LogP contribution in [0.4, 0.5) is 0 Å². The monoisotopic (exact) mass is 318 g/mol. The zero-order valence-electron chi connectivity index (χ0n) is 13.2. The second-order valence-corrected chi connectivity index (χ2v) is 6.13. The van der Waals surface area contributed by atoms with Crippen LogP contribution < -0.4 is 0 Å². The molecule has 0 unspecified atom stereocenters. The lowest BCUT2D eigenvalue weighted by Crippen LogP contribution is -2.29. The number of aromatic nitrogens is 1. The van der Waals surface area contributed by atoms with Gasteiger partial charge in [-0.1, -0.05) is 48.5 Å². The molecular formula is C20H18N2O2. The number of carbonyl (C=O) groups is 1. The Morgan fingerprint density at radius 3 is 2.58 bits per heavy atom. The Morgan fingerprint density at radius 2 is 1.83 bits per heavy atom. The first-order valence-electron chi connectivity index (χ1n) is 8.15. The van der Waals surface area contributed by atoms with Crippen LogP contribution in [0.1, 0.15) is 16.8 Å². The summed E-state index contributed by atoms with van der Waals surface area (Å²) >= 11 is 0. The molecule has 1 N–H and O–H groups in total. The molecule has 4 heteroatoms. The molecule has 3 aromatic rings. The Kier molecular flexibility index (Phi) is 3.75. The van der Waals surface area contributed by atoms with Gasteiger partial charge in [0.15, 0.2) is 0 Å². The third kappa shape index (κ3) is 2.65. The van der Waals surface area contributed by atoms with Gasteiger partial charge < -0.3 is 10.0 Å². The van der Waals surface area contributed by atoms with Crippen molar-refractivity contribution in [3.63, 3.8) is 0 Å². The Morgan fingerprint density at radius 1 is 1.08 bits per heavy atom. The molecular weight excluding hydrogens is 300 g/mol. The minimum absolute atomic E-state index is 0.0395. The van der Waals surface area contributed by atoms with E-state index >= 15 is 0 Å². The van der Waals surface area contributed by atoms with Gasteiger partial charge in [0, 0.05) is 24.0 Å². The molecule has 1 amide bonds. The molecule has 4 rings (SSSR count). The van der Waals surface area contributed by atoms with Crippen LogP contribution in [0, 0.1) is 0 Å². The molecule has 1 fully saturated rings. The summed E-state index contributed by atoms with van der Waals surface area (Å²) in [6.45, 7) is 0.994. The molecule has 0 saturated carbocycles. The maximum absolute atomic E-state index is 13.0. The van der Waals surface area contributed by atoms with Gasteiger partial charge in [0.25, 0.3) is 5.91 Å². The molecule has 1 aromatic heterocycles. The van der Waals surface area contributed by atoms with Crippen LogP contribution in [0.25, 0.3) is 22.2 Å². The van der Waals surface area contributed by atoms with Gasteiger partial charge in [-0.05, 0) is 18.6 Å². The summed E-state index contributed by atoms with van der Waals surface area (Å²) in [6, 6.07) is 19.4. The average Bonchev–Trinajstić information content (AvgIpc) is 3.07. The predicted octanol–water partition coefficient (Wildman–Crippen LogP) is 3.11. The first-order valence-corrected chi connectivity index (χ1v) is 8.15. The van der Waals surface area contributed by atoms with Crippen LogP contribution in [0.5, 0.6) is 0 Å². The number of fused-ring (bicyclic) bond motifs is 1. The molecule has 0 bridgehead atoms. The Balaban J connectivity index is 1.85. The van der Waals surface area contributed by atoms with Crippen LogP contribution in [0.3, 0.4) is 0 Å². The molecule has 1 atom stereocenters. The zero-order valence-corrected chi connectivity index (χ0v) is 13.2. The molecule has 1 saturated heterocycles. The third-order valence-corrected chi connectivity index (χ3v) is 4.47. The number of β-amino-alcohol motifs (C(OH)–C–C–N with tert-alkyl or cyclic N) is 1. The van der Waals surface area contributed by atoms with E-state index in [1.54, 1.807) is 4.90 Å². The number of hydrogen-bond donors (Lipinski definition) is 1. The van der Waals surface area contributed by atoms with Gasteiger partial charge >= 0.3 is 0 Å². The van der Waals surface area contributed by atoms with Gasteiger partial charge in [0.1, 0.15) is 0 Å². The average molecular weight is 318 g/mol. The highest BCUT2D eigenvalue weighted by Crippen LogP contribution is 2.26. The van der Waals surface area contributed by atoms with Crippen molar-refractivity contribution >= 4 is 16.8 Å². The molecule has 4 nitrogen and oxygen atoms in total. The summed E-state index contributed by atoms with van der Waals surface area (Å²) in [5.41, 5.74) is 3.23. The number of benzene rings is 2. The lowest BCUT2D eigenvalue weighted by atomic mass is 10.0. The van der Waals surface area contributed by atoms with Crippen molar-refractivity contribution in [1.82, 2.24) is 9.88 Å². The van der Waals surface area contributed by atoms with E-state index in [0.717, 1.165) is 22.2 Å². The number of hydrogen-bond acceptors (Lipinski definition) is 3. The topological polar surface area (TPSA) is 53.4 Å². The van der Waals surface area contributed by atoms with Crippen LogP contribution in [-0.2, 0) is 0 Å². The summed E-state index contributed by atoms with van der Waals surface area (Å²) in [7, 11) is 0. The fraction of sp³-hybridized carbons (Fsp3) is 0.200. The standard InChI is InChI=1S/C20H18N2O2/c23-15-10-11-22(13-15)20(24)17-12-19(14-6-2-1-3-7-14)21-18-9-5-4-8-16(17)18/h1-9,12,15,23H,10-11,13H2/t15-/m1/s1. The fourth-order valence-corrected chi connectivity index (χ4v) is 3.21. The maximum atomic E-state index is 13.0. The van der Waals surface area contributed by atoms with Crippen LogP contribution >= 0.6 is 0 Å². The number of rotatable bonds is 2. The minimum atomic E-state index is -0.421. The van der Waals surface area contributed by atoms with Crippen LogP contribution in [-0.4, -0.2) is 40.1 Å². The summed E-state index contributed by atoms with van der Waals surface area (Å²) < 4.78 is 0. The van der Waals surface area contributed by atoms with E-state index in [4.69, 9.17) is 4.98 Å².